The second-order valence-electron chi connectivity index (χ2n) is 3.84. The van der Waals surface area contributed by atoms with Crippen molar-refractivity contribution in [2.75, 3.05) is 13.2 Å². The van der Waals surface area contributed by atoms with Crippen molar-refractivity contribution in [2.24, 2.45) is 0 Å². The molecule has 5 nitrogen and oxygen atoms in total. The van der Waals surface area contributed by atoms with Gasteiger partial charge >= 0.3 is 5.97 Å². The normalized spacial score (nSPS) is 10.6. The average molecular weight is 352 g/mol. The highest BCUT2D eigenvalue weighted by Gasteiger charge is 2.13. The molecule has 0 unspecified atom stereocenters. The fraction of sp³-hybridized carbons (Fsp3) is 0.200. The zero-order valence-electron chi connectivity index (χ0n) is 11.4. The summed E-state index contributed by atoms with van der Waals surface area (Å²) >= 11 is 3.19. The van der Waals surface area contributed by atoms with Gasteiger partial charge in [-0.3, -0.25) is 0 Å². The molecule has 1 N–H and O–H groups in total. The topological polar surface area (TPSA) is 79.6 Å². The number of hydrogen-bond acceptors (Lipinski definition) is 5. The predicted octanol–water partition coefficient (Wildman–Crippen LogP) is 3.19. The molecule has 0 atom stereocenters. The van der Waals surface area contributed by atoms with Crippen molar-refractivity contribution in [1.29, 1.82) is 5.26 Å². The molecule has 0 heterocycles. The second kappa shape index (κ2) is 8.12. The van der Waals surface area contributed by atoms with Gasteiger partial charge in [0.15, 0.2) is 11.5 Å². The zero-order valence-corrected chi connectivity index (χ0v) is 13.0. The summed E-state index contributed by atoms with van der Waals surface area (Å²) < 4.78 is 10.5. The lowest BCUT2D eigenvalue weighted by Crippen LogP contribution is -2.06. The Morgan fingerprint density at radius 1 is 1.57 bits per heavy atom. The van der Waals surface area contributed by atoms with Crippen LogP contribution in [0, 0.1) is 11.3 Å². The number of aromatic hydroxyl groups is 1. The van der Waals surface area contributed by atoms with Crippen LogP contribution in [-0.4, -0.2) is 24.3 Å². The van der Waals surface area contributed by atoms with Gasteiger partial charge in [-0.05, 0) is 46.6 Å². The Labute approximate surface area is 131 Å². The smallest absolute Gasteiger partial charge is 0.349 e. The molecule has 0 aromatic heterocycles. The standard InChI is InChI=1S/C15H14BrNO4/c1-3-5-21-15(19)11(9-17)6-10-7-12(16)14(18)13(8-10)20-4-2/h3,6-8,18H,1,4-5H2,2H3/b11-6+. The van der Waals surface area contributed by atoms with E-state index in [-0.39, 0.29) is 23.7 Å². The van der Waals surface area contributed by atoms with E-state index in [1.807, 2.05) is 0 Å². The third-order valence-corrected chi connectivity index (χ3v) is 2.94. The van der Waals surface area contributed by atoms with Crippen LogP contribution in [0.2, 0.25) is 0 Å². The number of esters is 1. The maximum absolute atomic E-state index is 11.6. The summed E-state index contributed by atoms with van der Waals surface area (Å²) in [6, 6.07) is 4.87. The monoisotopic (exact) mass is 351 g/mol. The van der Waals surface area contributed by atoms with Crippen molar-refractivity contribution < 1.29 is 19.4 Å². The number of carbonyl (C=O) groups excluding carboxylic acids is 1. The Bertz CT molecular complexity index is 617. The minimum atomic E-state index is -0.737. The van der Waals surface area contributed by atoms with Crippen molar-refractivity contribution in [3.8, 4) is 17.6 Å². The van der Waals surface area contributed by atoms with Crippen molar-refractivity contribution >= 4 is 28.0 Å². The molecule has 1 rings (SSSR count). The fourth-order valence-corrected chi connectivity index (χ4v) is 1.92. The second-order valence-corrected chi connectivity index (χ2v) is 4.69. The molecule has 0 aliphatic rings. The van der Waals surface area contributed by atoms with Crippen LogP contribution in [0.15, 0.2) is 34.8 Å². The summed E-state index contributed by atoms with van der Waals surface area (Å²) in [6.07, 6.45) is 2.77. The third-order valence-electron chi connectivity index (χ3n) is 2.33. The van der Waals surface area contributed by atoms with Crippen LogP contribution in [-0.2, 0) is 9.53 Å². The summed E-state index contributed by atoms with van der Waals surface area (Å²) in [6.45, 7) is 5.61. The molecule has 1 aromatic rings. The Morgan fingerprint density at radius 3 is 2.86 bits per heavy atom. The molecular weight excluding hydrogens is 338 g/mol. The molecule has 0 aliphatic heterocycles. The zero-order chi connectivity index (χ0) is 15.8. The van der Waals surface area contributed by atoms with Gasteiger partial charge in [0.05, 0.1) is 11.1 Å². The van der Waals surface area contributed by atoms with E-state index >= 15 is 0 Å². The first kappa shape index (κ1) is 16.8. The molecule has 110 valence electrons. The van der Waals surface area contributed by atoms with Gasteiger partial charge in [-0.25, -0.2) is 4.79 Å². The molecule has 0 radical (unpaired) electrons. The van der Waals surface area contributed by atoms with Crippen LogP contribution in [0.25, 0.3) is 6.08 Å². The molecule has 0 amide bonds. The van der Waals surface area contributed by atoms with E-state index in [1.54, 1.807) is 19.1 Å². The minimum Gasteiger partial charge on any atom is -0.503 e. The molecule has 0 bridgehead atoms. The molecule has 0 fully saturated rings. The SMILES string of the molecule is C=CCOC(=O)/C(C#N)=C/c1cc(Br)c(O)c(OCC)c1. The summed E-state index contributed by atoms with van der Waals surface area (Å²) in [4.78, 5) is 11.6. The van der Waals surface area contributed by atoms with Crippen LogP contribution in [0.1, 0.15) is 12.5 Å². The number of phenolic OH excluding ortho intramolecular Hbond substituents is 1. The number of carbonyl (C=O) groups is 1. The summed E-state index contributed by atoms with van der Waals surface area (Å²) in [5.41, 5.74) is 0.368. The largest absolute Gasteiger partial charge is 0.503 e. The Kier molecular flexibility index (Phi) is 6.50. The Morgan fingerprint density at radius 2 is 2.29 bits per heavy atom. The van der Waals surface area contributed by atoms with Gasteiger partial charge in [-0.2, -0.15) is 5.26 Å². The van der Waals surface area contributed by atoms with E-state index in [9.17, 15) is 9.90 Å². The lowest BCUT2D eigenvalue weighted by atomic mass is 10.1. The maximum atomic E-state index is 11.6. The van der Waals surface area contributed by atoms with Gasteiger partial charge in [-0.15, -0.1) is 0 Å². The number of benzene rings is 1. The molecule has 6 heteroatoms. The first-order valence-corrected chi connectivity index (χ1v) is 6.87. The van der Waals surface area contributed by atoms with E-state index in [2.05, 4.69) is 22.5 Å². The van der Waals surface area contributed by atoms with Gasteiger partial charge < -0.3 is 14.6 Å². The number of nitriles is 1. The van der Waals surface area contributed by atoms with Gasteiger partial charge in [-0.1, -0.05) is 12.7 Å². The fourth-order valence-electron chi connectivity index (χ4n) is 1.46. The molecule has 0 spiro atoms. The van der Waals surface area contributed by atoms with Gasteiger partial charge in [0.1, 0.15) is 18.2 Å². The van der Waals surface area contributed by atoms with E-state index in [1.165, 1.54) is 18.2 Å². The lowest BCUT2D eigenvalue weighted by Gasteiger charge is -2.09. The lowest BCUT2D eigenvalue weighted by molar-refractivity contribution is -0.137. The average Bonchev–Trinajstić information content (AvgIpc) is 2.47. The van der Waals surface area contributed by atoms with Crippen LogP contribution < -0.4 is 4.74 Å². The Balaban J connectivity index is 3.14. The number of ether oxygens (including phenoxy) is 2. The highest BCUT2D eigenvalue weighted by Crippen LogP contribution is 2.36. The highest BCUT2D eigenvalue weighted by atomic mass is 79.9. The third kappa shape index (κ3) is 4.65. The van der Waals surface area contributed by atoms with Crippen LogP contribution in [0.4, 0.5) is 0 Å². The summed E-state index contributed by atoms with van der Waals surface area (Å²) in [5, 5.41) is 18.8. The van der Waals surface area contributed by atoms with Crippen molar-refractivity contribution in [2.45, 2.75) is 6.92 Å². The Hall–Kier alpha value is -2.26. The molecule has 0 saturated heterocycles. The van der Waals surface area contributed by atoms with Crippen molar-refractivity contribution in [1.82, 2.24) is 0 Å². The quantitative estimate of drug-likeness (QED) is 0.368. The maximum Gasteiger partial charge on any atom is 0.349 e. The minimum absolute atomic E-state index is 0.0291. The van der Waals surface area contributed by atoms with Crippen molar-refractivity contribution in [3.63, 3.8) is 0 Å². The van der Waals surface area contributed by atoms with Crippen molar-refractivity contribution in [3.05, 3.63) is 40.4 Å². The number of nitrogens with zero attached hydrogens (tertiary/aromatic N) is 1. The number of phenols is 1. The molecule has 0 saturated carbocycles. The van der Waals surface area contributed by atoms with E-state index in [4.69, 9.17) is 14.7 Å². The summed E-state index contributed by atoms with van der Waals surface area (Å²) in [5.74, 6) is -0.517. The van der Waals surface area contributed by atoms with Crippen LogP contribution in [0.3, 0.4) is 0 Å². The number of halogens is 1. The highest BCUT2D eigenvalue weighted by molar-refractivity contribution is 9.10. The predicted molar refractivity (Wildman–Crippen MR) is 81.7 cm³/mol. The van der Waals surface area contributed by atoms with E-state index < -0.39 is 5.97 Å². The van der Waals surface area contributed by atoms with Gasteiger partial charge in [0.25, 0.3) is 0 Å². The molecule has 21 heavy (non-hydrogen) atoms. The molecule has 0 aliphatic carbocycles. The van der Waals surface area contributed by atoms with Crippen LogP contribution in [0.5, 0.6) is 11.5 Å². The number of rotatable bonds is 6. The number of hydrogen-bond donors (Lipinski definition) is 1. The van der Waals surface area contributed by atoms with Crippen LogP contribution >= 0.6 is 15.9 Å². The van der Waals surface area contributed by atoms with E-state index in [0.29, 0.717) is 16.6 Å². The van der Waals surface area contributed by atoms with Gasteiger partial charge in [0, 0.05) is 0 Å². The van der Waals surface area contributed by atoms with E-state index in [0.717, 1.165) is 0 Å². The van der Waals surface area contributed by atoms with Gasteiger partial charge in [0.2, 0.25) is 0 Å². The first-order chi connectivity index (χ1) is 10.0. The summed E-state index contributed by atoms with van der Waals surface area (Å²) in [7, 11) is 0. The first-order valence-electron chi connectivity index (χ1n) is 6.08. The molecular formula is C15H14BrNO4. The molecule has 1 aromatic carbocycles.